The molecule has 0 spiro atoms. The summed E-state index contributed by atoms with van der Waals surface area (Å²) in [4.78, 5) is 2.27. The first-order valence-electron chi connectivity index (χ1n) is 5.89. The lowest BCUT2D eigenvalue weighted by molar-refractivity contribution is 0.156. The van der Waals surface area contributed by atoms with E-state index in [1.165, 1.54) is 0 Å². The second kappa shape index (κ2) is 5.29. The fourth-order valence-electron chi connectivity index (χ4n) is 2.19. The topological polar surface area (TPSA) is 62.3 Å². The van der Waals surface area contributed by atoms with Gasteiger partial charge in [-0.05, 0) is 19.0 Å². The van der Waals surface area contributed by atoms with E-state index < -0.39 is 0 Å². The monoisotopic (exact) mass is 233 g/mol. The molecule has 4 nitrogen and oxygen atoms in total. The molecule has 1 aliphatic heterocycles. The summed E-state index contributed by atoms with van der Waals surface area (Å²) in [5, 5.41) is 7.56. The van der Waals surface area contributed by atoms with Gasteiger partial charge in [0.05, 0.1) is 6.61 Å². The molecular formula is C13H19N3O. The molecule has 3 N–H and O–H groups in total. The van der Waals surface area contributed by atoms with Crippen LogP contribution in [0, 0.1) is 5.41 Å². The number of benzene rings is 1. The zero-order chi connectivity index (χ0) is 12.3. The predicted molar refractivity (Wildman–Crippen MR) is 68.1 cm³/mol. The van der Waals surface area contributed by atoms with Gasteiger partial charge in [0.25, 0.3) is 0 Å². The Labute approximate surface area is 102 Å². The van der Waals surface area contributed by atoms with Gasteiger partial charge in [-0.3, -0.25) is 10.3 Å². The van der Waals surface area contributed by atoms with E-state index in [0.29, 0.717) is 6.04 Å². The summed E-state index contributed by atoms with van der Waals surface area (Å²) in [6, 6.07) is 8.31. The Morgan fingerprint density at radius 2 is 2.29 bits per heavy atom. The van der Waals surface area contributed by atoms with Gasteiger partial charge in [0, 0.05) is 24.8 Å². The number of hydrogen-bond donors (Lipinski definition) is 2. The molecule has 0 aromatic heterocycles. The molecule has 1 aromatic rings. The molecule has 92 valence electrons. The number of likely N-dealkylation sites (N-methyl/N-ethyl adjacent to an activating group) is 1. The van der Waals surface area contributed by atoms with Crippen molar-refractivity contribution in [2.45, 2.75) is 19.0 Å². The van der Waals surface area contributed by atoms with E-state index in [9.17, 15) is 0 Å². The van der Waals surface area contributed by atoms with Gasteiger partial charge in [0.2, 0.25) is 0 Å². The third kappa shape index (κ3) is 2.84. The highest BCUT2D eigenvalue weighted by molar-refractivity contribution is 5.96. The van der Waals surface area contributed by atoms with Crippen LogP contribution >= 0.6 is 0 Å². The Morgan fingerprint density at radius 1 is 1.53 bits per heavy atom. The third-order valence-electron chi connectivity index (χ3n) is 3.26. The summed E-state index contributed by atoms with van der Waals surface area (Å²) >= 11 is 0. The largest absolute Gasteiger partial charge is 0.384 e. The van der Waals surface area contributed by atoms with Gasteiger partial charge in [-0.1, -0.05) is 24.3 Å². The maximum Gasteiger partial charge on any atom is 0.123 e. The number of nitrogens with two attached hydrogens (primary N) is 1. The lowest BCUT2D eigenvalue weighted by atomic mass is 10.1. The van der Waals surface area contributed by atoms with Crippen molar-refractivity contribution in [3.63, 3.8) is 0 Å². The van der Waals surface area contributed by atoms with Crippen LogP contribution in [0.2, 0.25) is 0 Å². The smallest absolute Gasteiger partial charge is 0.123 e. The number of hydrogen-bond acceptors (Lipinski definition) is 3. The zero-order valence-electron chi connectivity index (χ0n) is 10.1. The van der Waals surface area contributed by atoms with E-state index in [4.69, 9.17) is 15.9 Å². The summed E-state index contributed by atoms with van der Waals surface area (Å²) in [5.41, 5.74) is 7.52. The minimum atomic E-state index is 0.136. The van der Waals surface area contributed by atoms with Gasteiger partial charge in [-0.25, -0.2) is 0 Å². The summed E-state index contributed by atoms with van der Waals surface area (Å²) in [6.45, 7) is 2.46. The second-order valence-electron chi connectivity index (χ2n) is 4.50. The van der Waals surface area contributed by atoms with Crippen molar-refractivity contribution in [3.05, 3.63) is 35.4 Å². The molecule has 1 saturated heterocycles. The van der Waals surface area contributed by atoms with E-state index in [2.05, 4.69) is 11.9 Å². The Morgan fingerprint density at radius 3 is 2.94 bits per heavy atom. The second-order valence-corrected chi connectivity index (χ2v) is 4.50. The Bertz CT molecular complexity index is 399. The normalized spacial score (nSPS) is 19.8. The number of nitrogen functional groups attached to an aromatic ring is 1. The third-order valence-corrected chi connectivity index (χ3v) is 3.26. The molecule has 1 fully saturated rings. The van der Waals surface area contributed by atoms with Crippen LogP contribution in [-0.4, -0.2) is 37.0 Å². The van der Waals surface area contributed by atoms with Crippen molar-refractivity contribution in [1.82, 2.24) is 4.90 Å². The fraction of sp³-hybridized carbons (Fsp3) is 0.462. The SMILES string of the molecule is CN(Cc1ccccc1C(=N)N)C1CCOC1. The molecule has 17 heavy (non-hydrogen) atoms. The molecule has 1 unspecified atom stereocenters. The van der Waals surface area contributed by atoms with E-state index in [1.54, 1.807) is 0 Å². The molecular weight excluding hydrogens is 214 g/mol. The van der Waals surface area contributed by atoms with Crippen molar-refractivity contribution in [2.24, 2.45) is 5.73 Å². The highest BCUT2D eigenvalue weighted by Gasteiger charge is 2.20. The summed E-state index contributed by atoms with van der Waals surface area (Å²) in [7, 11) is 2.09. The molecule has 2 rings (SSSR count). The van der Waals surface area contributed by atoms with Gasteiger partial charge in [0.15, 0.2) is 0 Å². The molecule has 1 aromatic carbocycles. The van der Waals surface area contributed by atoms with Gasteiger partial charge in [-0.2, -0.15) is 0 Å². The van der Waals surface area contributed by atoms with Crippen LogP contribution in [0.25, 0.3) is 0 Å². The lowest BCUT2D eigenvalue weighted by Crippen LogP contribution is -2.32. The molecule has 0 amide bonds. The first kappa shape index (κ1) is 12.1. The van der Waals surface area contributed by atoms with Gasteiger partial charge in [0.1, 0.15) is 5.84 Å². The van der Waals surface area contributed by atoms with Gasteiger partial charge >= 0.3 is 0 Å². The average molecular weight is 233 g/mol. The standard InChI is InChI=1S/C13H19N3O/c1-16(11-6-7-17-9-11)8-10-4-2-3-5-12(10)13(14)15/h2-5,11H,6-9H2,1H3,(H3,14,15). The molecule has 0 saturated carbocycles. The van der Waals surface area contributed by atoms with Crippen LogP contribution in [0.5, 0.6) is 0 Å². The Hall–Kier alpha value is -1.39. The maximum absolute atomic E-state index is 7.56. The summed E-state index contributed by atoms with van der Waals surface area (Å²) < 4.78 is 5.39. The van der Waals surface area contributed by atoms with Crippen LogP contribution < -0.4 is 5.73 Å². The Balaban J connectivity index is 2.09. The zero-order valence-corrected chi connectivity index (χ0v) is 10.1. The van der Waals surface area contributed by atoms with Crippen LogP contribution in [0.3, 0.4) is 0 Å². The summed E-state index contributed by atoms with van der Waals surface area (Å²) in [6.07, 6.45) is 1.08. The molecule has 4 heteroatoms. The molecule has 1 heterocycles. The molecule has 0 bridgehead atoms. The maximum atomic E-state index is 7.56. The number of rotatable bonds is 4. The van der Waals surface area contributed by atoms with E-state index in [1.807, 2.05) is 24.3 Å². The van der Waals surface area contributed by atoms with E-state index in [-0.39, 0.29) is 5.84 Å². The van der Waals surface area contributed by atoms with Crippen molar-refractivity contribution < 1.29 is 4.74 Å². The molecule has 1 atom stereocenters. The first-order chi connectivity index (χ1) is 8.18. The number of ether oxygens (including phenoxy) is 1. The first-order valence-corrected chi connectivity index (χ1v) is 5.89. The highest BCUT2D eigenvalue weighted by atomic mass is 16.5. The van der Waals surface area contributed by atoms with Crippen LogP contribution in [0.4, 0.5) is 0 Å². The van der Waals surface area contributed by atoms with Crippen molar-refractivity contribution in [1.29, 1.82) is 5.41 Å². The highest BCUT2D eigenvalue weighted by Crippen LogP contribution is 2.16. The fourth-order valence-corrected chi connectivity index (χ4v) is 2.19. The van der Waals surface area contributed by atoms with Crippen molar-refractivity contribution in [2.75, 3.05) is 20.3 Å². The van der Waals surface area contributed by atoms with Crippen molar-refractivity contribution in [3.8, 4) is 0 Å². The number of nitrogens with one attached hydrogen (secondary N) is 1. The molecule has 0 radical (unpaired) electrons. The van der Waals surface area contributed by atoms with Gasteiger partial charge in [-0.15, -0.1) is 0 Å². The van der Waals surface area contributed by atoms with Gasteiger partial charge < -0.3 is 10.5 Å². The number of nitrogens with zero attached hydrogens (tertiary/aromatic N) is 1. The minimum absolute atomic E-state index is 0.136. The van der Waals surface area contributed by atoms with E-state index in [0.717, 1.165) is 37.3 Å². The molecule has 1 aliphatic rings. The lowest BCUT2D eigenvalue weighted by Gasteiger charge is -2.23. The quantitative estimate of drug-likeness (QED) is 0.606. The Kier molecular flexibility index (Phi) is 3.76. The predicted octanol–water partition coefficient (Wildman–Crippen LogP) is 1.19. The summed E-state index contributed by atoms with van der Waals surface area (Å²) in [5.74, 6) is 0.136. The number of amidine groups is 1. The average Bonchev–Trinajstić information content (AvgIpc) is 2.83. The van der Waals surface area contributed by atoms with Crippen molar-refractivity contribution >= 4 is 5.84 Å². The van der Waals surface area contributed by atoms with Crippen LogP contribution in [0.15, 0.2) is 24.3 Å². The van der Waals surface area contributed by atoms with Crippen LogP contribution in [0.1, 0.15) is 17.5 Å². The molecule has 0 aliphatic carbocycles. The minimum Gasteiger partial charge on any atom is -0.384 e. The van der Waals surface area contributed by atoms with E-state index >= 15 is 0 Å². The van der Waals surface area contributed by atoms with Crippen LogP contribution in [-0.2, 0) is 11.3 Å².